The fraction of sp³-hybridized carbons (Fsp3) is 0.446. The van der Waals surface area contributed by atoms with E-state index in [2.05, 4.69) is 149 Å². The first-order valence-electron chi connectivity index (χ1n) is 48.5. The molecule has 9 aromatic rings. The number of benzene rings is 9. The number of halogens is 4. The number of aliphatic carboxylic acids is 2. The number of likely N-dealkylation sites (tertiary alicyclic amines) is 3. The lowest BCUT2D eigenvalue weighted by Gasteiger charge is -2.37. The highest BCUT2D eigenvalue weighted by Gasteiger charge is 2.30. The van der Waals surface area contributed by atoms with Gasteiger partial charge in [-0.05, 0) is 293 Å². The number of aliphatic imine (C=N–C) groups is 1. The summed E-state index contributed by atoms with van der Waals surface area (Å²) in [4.78, 5) is 85.8. The summed E-state index contributed by atoms with van der Waals surface area (Å²) in [7, 11) is 7.32. The van der Waals surface area contributed by atoms with Crippen LogP contribution in [0, 0.1) is 53.0 Å². The molecule has 0 bridgehead atoms. The van der Waals surface area contributed by atoms with Gasteiger partial charge in [-0.1, -0.05) is 177 Å². The van der Waals surface area contributed by atoms with E-state index in [-0.39, 0.29) is 35.3 Å². The normalized spacial score (nSPS) is 13.2. The van der Waals surface area contributed by atoms with Gasteiger partial charge in [-0.15, -0.1) is 0 Å². The topological polar surface area (TPSA) is 421 Å². The number of oxime groups is 1. The predicted molar refractivity (Wildman–Crippen MR) is 570 cm³/mol. The number of alkyl halides is 1. The molecule has 29 nitrogen and oxygen atoms in total. The molecule has 3 aliphatic heterocycles. The minimum Gasteiger partial charge on any atom is -0.508 e. The third-order valence-corrected chi connectivity index (χ3v) is 21.8. The van der Waals surface area contributed by atoms with Crippen molar-refractivity contribution >= 4 is 64.5 Å². The predicted octanol–water partition coefficient (Wildman–Crippen LogP) is 18.8. The first kappa shape index (κ1) is 131. The molecule has 145 heavy (non-hydrogen) atoms. The third-order valence-electron chi connectivity index (χ3n) is 20.5. The molecule has 0 aromatic heterocycles. The van der Waals surface area contributed by atoms with Gasteiger partial charge in [0.1, 0.15) is 70.3 Å². The second-order valence-corrected chi connectivity index (χ2v) is 37.2. The Morgan fingerprint density at radius 1 is 0.455 bits per heavy atom. The number of nitrogens with zero attached hydrogens (tertiary/aromatic N) is 6. The highest BCUT2D eigenvalue weighted by atomic mass is 79.9. The van der Waals surface area contributed by atoms with E-state index < -0.39 is 24.1 Å². The number of Topliss-reactive ketones (excluding diaryl/α,β-unsaturated/α-hetero) is 1. The van der Waals surface area contributed by atoms with E-state index in [9.17, 15) is 46.7 Å². The lowest BCUT2D eigenvalue weighted by Crippen LogP contribution is -2.49. The van der Waals surface area contributed by atoms with Crippen LogP contribution in [0.25, 0.3) is 0 Å². The molecule has 2 amide bonds. The van der Waals surface area contributed by atoms with Gasteiger partial charge in [-0.2, -0.15) is 0 Å². The molecule has 3 heterocycles. The van der Waals surface area contributed by atoms with Crippen LogP contribution < -0.4 is 45.8 Å². The van der Waals surface area contributed by atoms with Crippen molar-refractivity contribution < 1.29 is 106 Å². The molecule has 0 radical (unpaired) electrons. The number of aliphatic hydroxyl groups is 3. The summed E-state index contributed by atoms with van der Waals surface area (Å²) in [6.45, 7) is 38.5. The van der Waals surface area contributed by atoms with Crippen LogP contribution in [-0.4, -0.2) is 234 Å². The van der Waals surface area contributed by atoms with E-state index in [0.29, 0.717) is 112 Å². The summed E-state index contributed by atoms with van der Waals surface area (Å²) in [6.07, 6.45) is 5.73. The second-order valence-electron chi connectivity index (χ2n) is 36.6. The number of aromatic hydroxyl groups is 1. The number of hydrogen-bond acceptors (Lipinski definition) is 25. The number of nitrogens with one attached hydrogen (secondary N) is 2. The van der Waals surface area contributed by atoms with E-state index in [0.717, 1.165) is 164 Å². The minimum absolute atomic E-state index is 0.0842. The Bertz CT molecular complexity index is 4930. The van der Waals surface area contributed by atoms with Crippen molar-refractivity contribution in [2.24, 2.45) is 57.1 Å². The van der Waals surface area contributed by atoms with Crippen molar-refractivity contribution in [3.8, 4) is 34.5 Å². The number of aliphatic hydroxyl groups excluding tert-OH is 3. The van der Waals surface area contributed by atoms with Gasteiger partial charge in [-0.3, -0.25) is 14.4 Å². The highest BCUT2D eigenvalue weighted by Crippen LogP contribution is 2.23. The molecule has 3 aliphatic rings. The van der Waals surface area contributed by atoms with Crippen LogP contribution in [0.2, 0.25) is 0 Å². The number of phenolic OH excluding ortho intramolecular Hbond substituents is 1. The first-order valence-corrected chi connectivity index (χ1v) is 49.7. The number of isocyanates is 1. The molecule has 798 valence electrons. The smallest absolute Gasteiger partial charge is 0.335 e. The molecule has 0 unspecified atom stereocenters. The highest BCUT2D eigenvalue weighted by molar-refractivity contribution is 9.09. The van der Waals surface area contributed by atoms with Gasteiger partial charge >= 0.3 is 18.0 Å². The molecular formula is C112H158BrF3N10O19. The standard InChI is InChI=1S/C25H34FN3O2.C13H19FN2.C12H15NO2.C11H15NO2.C11H17NO.C11H14O2.C7H8FN.C7H6O2.C6H11NO.C4H9Br.C4H6O6.CH4O/c1-19(2)18-31-24-10-6-20(7-11-24)16-27-25(30)29(23-12-14-28(3)15-13-23)17-21-4-8-22(26)9-5-21;1-16-8-6-13(7-9-16)15-10-11-2-4-12(14)5-3-11;1-10(2)8-15-12-5-3-11(4-6-12)7-13-9-14;1-9(2)8-14-11-5-3-10(4-6-11)7-12-13;2*1-9(2)8-13-11-5-3-10(7-12)4-6-11;8-7-3-1-6(5-9)2-4-7;8-5-6-1-3-7(9)4-2-6;1-7-4-2-6(8)3-5-7;1-4(2)3-5;5-1(3(7)8)2(6)4(9)10;1-2/h4-11,19,23H,12-18H2,1-3H3,(H,27,30);2-5,13,15H,6-10H2,1H3;3-6,10H,7-8H2,1-2H3;3-7,9,13H,8H2,1-2H3;3-6,9H,7-8,12H2,1-2H3;3-7,9H,8H2,1-2H3;1-4H,5,9H2;1-5,9H;2-5H2,1H3;4H,3H2,1-2H3;1-2,5-6H,(H,7,8)(H,9,10);2H,1H3/b;;;12-7+;;;;;;;;/t;;;;;;;;;;1-,2-;/m..........1./s1. The molecule has 0 spiro atoms. The number of aldehydes is 2. The number of piperidine rings is 3. The van der Waals surface area contributed by atoms with Crippen molar-refractivity contribution in [1.82, 2.24) is 30.2 Å². The molecule has 3 fully saturated rings. The maximum Gasteiger partial charge on any atom is 0.335 e. The minimum atomic E-state index is -2.27. The zero-order chi connectivity index (χ0) is 108. The Kier molecular flexibility index (Phi) is 71.3. The van der Waals surface area contributed by atoms with Crippen molar-refractivity contribution in [3.05, 3.63) is 286 Å². The van der Waals surface area contributed by atoms with Crippen molar-refractivity contribution in [2.75, 3.05) is 106 Å². The van der Waals surface area contributed by atoms with Gasteiger partial charge in [0, 0.05) is 94.3 Å². The monoisotopic (exact) mass is 2080 g/mol. The van der Waals surface area contributed by atoms with Gasteiger partial charge in [0.05, 0.1) is 45.8 Å². The van der Waals surface area contributed by atoms with Crippen LogP contribution in [-0.2, 0) is 58.4 Å². The average Bonchev–Trinajstić information content (AvgIpc) is 0.869. The van der Waals surface area contributed by atoms with Gasteiger partial charge in [0.15, 0.2) is 12.2 Å². The second kappa shape index (κ2) is 79.1. The number of amides is 2. The lowest BCUT2D eigenvalue weighted by atomic mass is 10.0. The first-order chi connectivity index (χ1) is 69.2. The van der Waals surface area contributed by atoms with Gasteiger partial charge in [0.25, 0.3) is 0 Å². The number of hydrogen-bond donors (Lipinski definition) is 11. The molecule has 33 heteroatoms. The largest absolute Gasteiger partial charge is 0.508 e. The number of rotatable bonds is 34. The van der Waals surface area contributed by atoms with Crippen molar-refractivity contribution in [1.29, 1.82) is 0 Å². The molecule has 3 saturated heterocycles. The van der Waals surface area contributed by atoms with E-state index in [1.807, 2.05) is 133 Å². The van der Waals surface area contributed by atoms with Crippen LogP contribution in [0.4, 0.5) is 18.0 Å². The van der Waals surface area contributed by atoms with Gasteiger partial charge < -0.3 is 101 Å². The number of nitrogens with two attached hydrogens (primary N) is 2. The Balaban J connectivity index is 0.000000822. The SMILES string of the molecule is CC(C)CBr.CC(C)COc1ccc(/C=N/O)cc1.CC(C)COc1ccc(C=O)cc1.CC(C)COc1ccc(CN)cc1.CC(C)COc1ccc(CN=C=O)cc1.CC(C)COc1ccc(CNC(=O)N(Cc2ccc(F)cc2)C2CCN(C)CC2)cc1.CN1CCC(=O)CC1.CN1CCC(NCc2ccc(F)cc2)CC1.CO.NCc1ccc(F)cc1.O=C(O)[C@H](O)[C@@H](O)C(=O)O.O=Cc1ccc(O)cc1. The number of ketones is 1. The summed E-state index contributed by atoms with van der Waals surface area (Å²) < 4.78 is 65.9. The van der Waals surface area contributed by atoms with E-state index in [1.54, 1.807) is 48.5 Å². The molecule has 0 saturated carbocycles. The number of carboxylic acid groups (broad SMARTS) is 2. The third kappa shape index (κ3) is 65.7. The fourth-order valence-electron chi connectivity index (χ4n) is 12.0. The van der Waals surface area contributed by atoms with Crippen LogP contribution in [0.3, 0.4) is 0 Å². The maximum absolute atomic E-state index is 13.3. The van der Waals surface area contributed by atoms with E-state index in [1.165, 1.54) is 86.8 Å². The zero-order valence-corrected chi connectivity index (χ0v) is 88.7. The van der Waals surface area contributed by atoms with Gasteiger partial charge in [0.2, 0.25) is 6.08 Å². The summed E-state index contributed by atoms with van der Waals surface area (Å²) in [5.74, 6) is 4.09. The van der Waals surface area contributed by atoms with Crippen LogP contribution in [0.5, 0.6) is 34.5 Å². The van der Waals surface area contributed by atoms with Crippen LogP contribution >= 0.6 is 15.9 Å². The molecule has 13 N–H and O–H groups in total. The molecular weight excluding hydrogens is 1930 g/mol. The Morgan fingerprint density at radius 3 is 1.07 bits per heavy atom. The van der Waals surface area contributed by atoms with Crippen LogP contribution in [0.1, 0.15) is 181 Å². The van der Waals surface area contributed by atoms with Gasteiger partial charge in [-0.25, -0.2) is 37.3 Å². The number of ether oxygens (including phenoxy) is 5. The van der Waals surface area contributed by atoms with E-state index >= 15 is 0 Å². The molecule has 9 aromatic carbocycles. The molecule has 0 aliphatic carbocycles. The number of phenols is 1. The summed E-state index contributed by atoms with van der Waals surface area (Å²) in [5.41, 5.74) is 19.0. The maximum atomic E-state index is 13.3. The average molecular weight is 2090 g/mol. The molecule has 2 atom stereocenters. The van der Waals surface area contributed by atoms with Crippen molar-refractivity contribution in [2.45, 2.75) is 185 Å². The Hall–Kier alpha value is -12.2. The lowest BCUT2D eigenvalue weighted by molar-refractivity contribution is -0.165. The zero-order valence-electron chi connectivity index (χ0n) is 87.1. The van der Waals surface area contributed by atoms with Crippen LogP contribution in [0.15, 0.2) is 229 Å². The summed E-state index contributed by atoms with van der Waals surface area (Å²) in [5, 5.41) is 67.2. The molecule has 12 rings (SSSR count). The number of carboxylic acids is 2. The Morgan fingerprint density at radius 2 is 0.752 bits per heavy atom. The van der Waals surface area contributed by atoms with Crippen molar-refractivity contribution in [3.63, 3.8) is 0 Å². The number of carbonyl (C=O) groups is 6. The van der Waals surface area contributed by atoms with E-state index in [4.69, 9.17) is 71.0 Å². The summed E-state index contributed by atoms with van der Waals surface area (Å²) in [6, 6.07) is 63.9. The Labute approximate surface area is 864 Å². The number of carbonyl (C=O) groups excluding carboxylic acids is 5. The quantitative estimate of drug-likeness (QED) is 0.00445. The fourth-order valence-corrected chi connectivity index (χ4v) is 12.0. The summed E-state index contributed by atoms with van der Waals surface area (Å²) >= 11 is 3.31. The number of urea groups is 1.